The summed E-state index contributed by atoms with van der Waals surface area (Å²) in [5, 5.41) is 12.3. The first-order valence-electron chi connectivity index (χ1n) is 8.15. The number of ether oxygens (including phenoxy) is 2. The molecule has 0 saturated carbocycles. The number of fused-ring (bicyclic) bond motifs is 2. The molecule has 2 aliphatic heterocycles. The van der Waals surface area contributed by atoms with Crippen LogP contribution >= 0.6 is 0 Å². The van der Waals surface area contributed by atoms with Gasteiger partial charge in [-0.05, 0) is 43.5 Å². The van der Waals surface area contributed by atoms with Gasteiger partial charge in [-0.2, -0.15) is 0 Å². The van der Waals surface area contributed by atoms with E-state index >= 15 is 0 Å². The van der Waals surface area contributed by atoms with Gasteiger partial charge in [0.25, 0.3) is 0 Å². The first-order chi connectivity index (χ1) is 11.2. The summed E-state index contributed by atoms with van der Waals surface area (Å²) in [7, 11) is 1.56. The highest BCUT2D eigenvalue weighted by Crippen LogP contribution is 2.32. The van der Waals surface area contributed by atoms with Crippen LogP contribution in [0, 0.1) is 0 Å². The van der Waals surface area contributed by atoms with E-state index in [1.54, 1.807) is 7.11 Å². The molecule has 2 heterocycles. The second-order valence-corrected chi connectivity index (χ2v) is 6.22. The fourth-order valence-corrected chi connectivity index (χ4v) is 3.62. The highest BCUT2D eigenvalue weighted by molar-refractivity contribution is 5.68. The molecule has 2 N–H and O–H groups in total. The SMILES string of the molecule is COc1ccc(CN2[C@H]3CCNC[C@@H]2CC3)cc1OCC(=O)O. The maximum absolute atomic E-state index is 10.7. The summed E-state index contributed by atoms with van der Waals surface area (Å²) in [4.78, 5) is 13.3. The van der Waals surface area contributed by atoms with Crippen LogP contribution in [0.15, 0.2) is 18.2 Å². The van der Waals surface area contributed by atoms with Crippen molar-refractivity contribution in [2.45, 2.75) is 37.9 Å². The number of methoxy groups -OCH3 is 1. The van der Waals surface area contributed by atoms with Gasteiger partial charge in [-0.25, -0.2) is 4.79 Å². The van der Waals surface area contributed by atoms with Crippen LogP contribution in [0.2, 0.25) is 0 Å². The number of carboxylic acid groups (broad SMARTS) is 1. The minimum Gasteiger partial charge on any atom is -0.493 e. The summed E-state index contributed by atoms with van der Waals surface area (Å²) in [6.07, 6.45) is 3.70. The highest BCUT2D eigenvalue weighted by atomic mass is 16.5. The number of nitrogens with zero attached hydrogens (tertiary/aromatic N) is 1. The predicted molar refractivity (Wildman–Crippen MR) is 86.0 cm³/mol. The van der Waals surface area contributed by atoms with Crippen molar-refractivity contribution in [3.63, 3.8) is 0 Å². The molecule has 2 bridgehead atoms. The molecule has 1 aromatic rings. The van der Waals surface area contributed by atoms with Crippen LogP contribution in [0.5, 0.6) is 11.5 Å². The van der Waals surface area contributed by atoms with Crippen LogP contribution in [0.4, 0.5) is 0 Å². The van der Waals surface area contributed by atoms with Crippen molar-refractivity contribution < 1.29 is 19.4 Å². The van der Waals surface area contributed by atoms with Gasteiger partial charge in [-0.3, -0.25) is 4.90 Å². The van der Waals surface area contributed by atoms with Crippen LogP contribution < -0.4 is 14.8 Å². The zero-order chi connectivity index (χ0) is 16.2. The molecule has 6 nitrogen and oxygen atoms in total. The molecule has 2 aliphatic rings. The number of hydrogen-bond donors (Lipinski definition) is 2. The topological polar surface area (TPSA) is 71.0 Å². The number of carbonyl (C=O) groups is 1. The van der Waals surface area contributed by atoms with Crippen LogP contribution in [0.1, 0.15) is 24.8 Å². The van der Waals surface area contributed by atoms with Gasteiger partial charge in [0.05, 0.1) is 7.11 Å². The lowest BCUT2D eigenvalue weighted by atomic mass is 10.1. The van der Waals surface area contributed by atoms with E-state index in [4.69, 9.17) is 14.6 Å². The van der Waals surface area contributed by atoms with Crippen LogP contribution in [-0.4, -0.2) is 54.9 Å². The molecule has 6 heteroatoms. The van der Waals surface area contributed by atoms with Crippen molar-refractivity contribution in [2.24, 2.45) is 0 Å². The molecule has 0 aliphatic carbocycles. The van der Waals surface area contributed by atoms with E-state index in [-0.39, 0.29) is 6.61 Å². The predicted octanol–water partition coefficient (Wildman–Crippen LogP) is 1.48. The number of benzene rings is 1. The lowest BCUT2D eigenvalue weighted by Crippen LogP contribution is -2.37. The van der Waals surface area contributed by atoms with Crippen LogP contribution in [0.25, 0.3) is 0 Å². The van der Waals surface area contributed by atoms with Gasteiger partial charge in [0.15, 0.2) is 18.1 Å². The zero-order valence-corrected chi connectivity index (χ0v) is 13.5. The van der Waals surface area contributed by atoms with Gasteiger partial charge < -0.3 is 19.9 Å². The molecule has 0 aromatic heterocycles. The standard InChI is InChI=1S/C17H24N2O4/c1-22-15-5-2-12(8-16(15)23-11-17(20)21)10-19-13-3-4-14(19)9-18-7-6-13/h2,5,8,13-14,18H,3-4,6-7,9-11H2,1H3,(H,20,21)/t13-,14+/m1/s1. The quantitative estimate of drug-likeness (QED) is 0.827. The van der Waals surface area contributed by atoms with E-state index in [2.05, 4.69) is 10.2 Å². The summed E-state index contributed by atoms with van der Waals surface area (Å²) in [6.45, 7) is 2.64. The minimum absolute atomic E-state index is 0.362. The number of carboxylic acids is 1. The van der Waals surface area contributed by atoms with Crippen molar-refractivity contribution in [1.29, 1.82) is 0 Å². The van der Waals surface area contributed by atoms with Crippen molar-refractivity contribution in [3.05, 3.63) is 23.8 Å². The molecule has 0 spiro atoms. The summed E-state index contributed by atoms with van der Waals surface area (Å²) >= 11 is 0. The van der Waals surface area contributed by atoms with E-state index in [9.17, 15) is 4.79 Å². The molecule has 23 heavy (non-hydrogen) atoms. The Kier molecular flexibility index (Phi) is 5.03. The van der Waals surface area contributed by atoms with Gasteiger partial charge in [0.1, 0.15) is 0 Å². The van der Waals surface area contributed by atoms with Crippen LogP contribution in [0.3, 0.4) is 0 Å². The molecule has 3 rings (SSSR count). The largest absolute Gasteiger partial charge is 0.493 e. The summed E-state index contributed by atoms with van der Waals surface area (Å²) < 4.78 is 10.6. The van der Waals surface area contributed by atoms with E-state index < -0.39 is 5.97 Å². The van der Waals surface area contributed by atoms with E-state index in [1.165, 1.54) is 19.3 Å². The average Bonchev–Trinajstić information content (AvgIpc) is 2.78. The van der Waals surface area contributed by atoms with Gasteiger partial charge in [-0.1, -0.05) is 6.07 Å². The lowest BCUT2D eigenvalue weighted by Gasteiger charge is -2.27. The van der Waals surface area contributed by atoms with Crippen molar-refractivity contribution >= 4 is 5.97 Å². The Labute approximate surface area is 136 Å². The number of nitrogens with one attached hydrogen (secondary N) is 1. The number of hydrogen-bond acceptors (Lipinski definition) is 5. The third-order valence-electron chi connectivity index (χ3n) is 4.75. The Bertz CT molecular complexity index is 550. The first kappa shape index (κ1) is 16.1. The van der Waals surface area contributed by atoms with E-state index in [0.29, 0.717) is 23.6 Å². The summed E-state index contributed by atoms with van der Waals surface area (Å²) in [5.41, 5.74) is 1.13. The monoisotopic (exact) mass is 320 g/mol. The molecule has 0 unspecified atom stereocenters. The molecule has 1 aromatic carbocycles. The van der Waals surface area contributed by atoms with E-state index in [0.717, 1.165) is 25.2 Å². The smallest absolute Gasteiger partial charge is 0.341 e. The van der Waals surface area contributed by atoms with Crippen molar-refractivity contribution in [1.82, 2.24) is 10.2 Å². The normalized spacial score (nSPS) is 24.2. The van der Waals surface area contributed by atoms with Crippen molar-refractivity contribution in [3.8, 4) is 11.5 Å². The third kappa shape index (κ3) is 3.76. The fourth-order valence-electron chi connectivity index (χ4n) is 3.62. The Morgan fingerprint density at radius 3 is 2.91 bits per heavy atom. The molecule has 0 amide bonds. The maximum Gasteiger partial charge on any atom is 0.341 e. The number of aliphatic carboxylic acids is 1. The van der Waals surface area contributed by atoms with Crippen LogP contribution in [-0.2, 0) is 11.3 Å². The highest BCUT2D eigenvalue weighted by Gasteiger charge is 2.34. The Morgan fingerprint density at radius 1 is 1.30 bits per heavy atom. The van der Waals surface area contributed by atoms with Gasteiger partial charge >= 0.3 is 5.97 Å². The molecular formula is C17H24N2O4. The minimum atomic E-state index is -0.992. The number of rotatable bonds is 6. The molecule has 2 saturated heterocycles. The Hall–Kier alpha value is -1.79. The Balaban J connectivity index is 1.74. The summed E-state index contributed by atoms with van der Waals surface area (Å²) in [6, 6.07) is 7.02. The van der Waals surface area contributed by atoms with E-state index in [1.807, 2.05) is 18.2 Å². The summed E-state index contributed by atoms with van der Waals surface area (Å²) in [5.74, 6) is 0.0669. The third-order valence-corrected chi connectivity index (χ3v) is 4.75. The average molecular weight is 320 g/mol. The van der Waals surface area contributed by atoms with Gasteiger partial charge in [-0.15, -0.1) is 0 Å². The second-order valence-electron chi connectivity index (χ2n) is 6.22. The Morgan fingerprint density at radius 2 is 2.13 bits per heavy atom. The molecule has 2 atom stereocenters. The van der Waals surface area contributed by atoms with Crippen molar-refractivity contribution in [2.75, 3.05) is 26.8 Å². The van der Waals surface area contributed by atoms with Gasteiger partial charge in [0.2, 0.25) is 0 Å². The lowest BCUT2D eigenvalue weighted by molar-refractivity contribution is -0.139. The zero-order valence-electron chi connectivity index (χ0n) is 13.5. The maximum atomic E-state index is 10.7. The van der Waals surface area contributed by atoms with Gasteiger partial charge in [0, 0.05) is 25.2 Å². The molecule has 0 radical (unpaired) electrons. The second kappa shape index (κ2) is 7.19. The fraction of sp³-hybridized carbons (Fsp3) is 0.588. The molecule has 126 valence electrons. The molecular weight excluding hydrogens is 296 g/mol. The first-order valence-corrected chi connectivity index (χ1v) is 8.15. The molecule has 2 fully saturated rings.